The molecular weight excluding hydrogens is 296 g/mol. The number of rotatable bonds is 4. The molecule has 6 heteroatoms. The third-order valence-electron chi connectivity index (χ3n) is 4.51. The molecule has 1 atom stereocenters. The Balaban J connectivity index is 2.01. The summed E-state index contributed by atoms with van der Waals surface area (Å²) < 4.78 is 0. The van der Waals surface area contributed by atoms with Crippen molar-refractivity contribution in [3.05, 3.63) is 35.1 Å². The summed E-state index contributed by atoms with van der Waals surface area (Å²) in [6.07, 6.45) is 3.54. The lowest BCUT2D eigenvalue weighted by Gasteiger charge is -2.35. The molecule has 2 N–H and O–H groups in total. The molecule has 0 aliphatic carbocycles. The normalized spacial score (nSPS) is 22.1. The number of thiazole rings is 1. The fourth-order valence-corrected chi connectivity index (χ4v) is 4.15. The van der Waals surface area contributed by atoms with Crippen LogP contribution in [0.2, 0.25) is 0 Å². The van der Waals surface area contributed by atoms with Gasteiger partial charge in [-0.15, -0.1) is 11.3 Å². The molecule has 1 fully saturated rings. The van der Waals surface area contributed by atoms with E-state index in [1.807, 2.05) is 24.6 Å². The van der Waals surface area contributed by atoms with E-state index in [1.54, 1.807) is 17.5 Å². The van der Waals surface area contributed by atoms with Crippen molar-refractivity contribution >= 4 is 17.2 Å². The number of likely N-dealkylation sites (N-methyl/N-ethyl adjacent to an activating group) is 1. The van der Waals surface area contributed by atoms with Crippen molar-refractivity contribution in [3.8, 4) is 10.6 Å². The molecule has 2 aromatic rings. The van der Waals surface area contributed by atoms with E-state index in [2.05, 4.69) is 21.8 Å². The minimum atomic E-state index is -0.705. The number of likely N-dealkylation sites (tertiary alicyclic amines) is 1. The van der Waals surface area contributed by atoms with E-state index in [1.165, 1.54) is 0 Å². The molecular formula is C16H20N4OS. The molecule has 3 rings (SSSR count). The number of carbonyl (C=O) groups is 1. The molecule has 1 aliphatic heterocycles. The van der Waals surface area contributed by atoms with Crippen molar-refractivity contribution < 1.29 is 4.79 Å². The van der Waals surface area contributed by atoms with Crippen molar-refractivity contribution in [1.29, 1.82) is 0 Å². The average molecular weight is 316 g/mol. The van der Waals surface area contributed by atoms with E-state index in [0.717, 1.165) is 47.8 Å². The number of aromatic nitrogens is 2. The van der Waals surface area contributed by atoms with E-state index >= 15 is 0 Å². The Morgan fingerprint density at radius 3 is 2.82 bits per heavy atom. The van der Waals surface area contributed by atoms with Crippen LogP contribution in [0.1, 0.15) is 31.0 Å². The Labute approximate surface area is 134 Å². The van der Waals surface area contributed by atoms with Gasteiger partial charge in [-0.1, -0.05) is 13.0 Å². The van der Waals surface area contributed by atoms with Gasteiger partial charge >= 0.3 is 0 Å². The number of carbonyl (C=O) groups excluding carboxylic acids is 1. The minimum absolute atomic E-state index is 0.282. The second-order valence-electron chi connectivity index (χ2n) is 5.61. The molecule has 1 saturated heterocycles. The number of nitrogens with zero attached hydrogens (tertiary/aromatic N) is 3. The van der Waals surface area contributed by atoms with Crippen molar-refractivity contribution in [2.45, 2.75) is 32.2 Å². The zero-order chi connectivity index (χ0) is 15.7. The van der Waals surface area contributed by atoms with Gasteiger partial charge in [0.15, 0.2) is 0 Å². The quantitative estimate of drug-likeness (QED) is 0.939. The first kappa shape index (κ1) is 15.1. The summed E-state index contributed by atoms with van der Waals surface area (Å²) in [7, 11) is 0. The Hall–Kier alpha value is -1.79. The molecule has 0 radical (unpaired) electrons. The summed E-state index contributed by atoms with van der Waals surface area (Å²) in [4.78, 5) is 24.2. The van der Waals surface area contributed by atoms with E-state index in [0.29, 0.717) is 0 Å². The maximum atomic E-state index is 12.2. The lowest BCUT2D eigenvalue weighted by Crippen LogP contribution is -2.51. The van der Waals surface area contributed by atoms with Crippen LogP contribution in [0.4, 0.5) is 0 Å². The van der Waals surface area contributed by atoms with Crippen molar-refractivity contribution in [3.63, 3.8) is 0 Å². The average Bonchev–Trinajstić information content (AvgIpc) is 3.13. The zero-order valence-corrected chi connectivity index (χ0v) is 13.7. The van der Waals surface area contributed by atoms with Crippen LogP contribution in [-0.2, 0) is 10.3 Å². The van der Waals surface area contributed by atoms with Crippen LogP contribution in [-0.4, -0.2) is 33.9 Å². The fourth-order valence-electron chi connectivity index (χ4n) is 3.37. The highest BCUT2D eigenvalue weighted by atomic mass is 32.1. The Kier molecular flexibility index (Phi) is 3.97. The number of hydrogen-bond donors (Lipinski definition) is 1. The number of aryl methyl sites for hydroxylation is 1. The maximum absolute atomic E-state index is 12.2. The number of primary amides is 1. The van der Waals surface area contributed by atoms with Crippen LogP contribution in [0, 0.1) is 6.92 Å². The first-order chi connectivity index (χ1) is 10.6. The summed E-state index contributed by atoms with van der Waals surface area (Å²) in [5.74, 6) is -0.282. The largest absolute Gasteiger partial charge is 0.368 e. The van der Waals surface area contributed by atoms with E-state index in [9.17, 15) is 4.79 Å². The predicted molar refractivity (Wildman–Crippen MR) is 87.4 cm³/mol. The molecule has 2 aromatic heterocycles. The second kappa shape index (κ2) is 5.78. The minimum Gasteiger partial charge on any atom is -0.368 e. The number of nitrogens with two attached hydrogens (primary N) is 1. The summed E-state index contributed by atoms with van der Waals surface area (Å²) >= 11 is 1.58. The van der Waals surface area contributed by atoms with E-state index in [-0.39, 0.29) is 5.91 Å². The zero-order valence-electron chi connectivity index (χ0n) is 12.9. The molecule has 0 bridgehead atoms. The molecule has 1 aliphatic rings. The lowest BCUT2D eigenvalue weighted by molar-refractivity contribution is -0.129. The lowest BCUT2D eigenvalue weighted by atomic mass is 9.87. The van der Waals surface area contributed by atoms with Crippen LogP contribution in [0.15, 0.2) is 23.8 Å². The highest BCUT2D eigenvalue weighted by Crippen LogP contribution is 2.39. The second-order valence-corrected chi connectivity index (χ2v) is 6.46. The molecule has 3 heterocycles. The van der Waals surface area contributed by atoms with Gasteiger partial charge in [0.1, 0.15) is 5.54 Å². The van der Waals surface area contributed by atoms with Gasteiger partial charge in [0.05, 0.1) is 21.8 Å². The van der Waals surface area contributed by atoms with Gasteiger partial charge in [0, 0.05) is 11.8 Å². The monoisotopic (exact) mass is 316 g/mol. The summed E-state index contributed by atoms with van der Waals surface area (Å²) in [5, 5.41) is 0. The highest BCUT2D eigenvalue weighted by Gasteiger charge is 2.47. The maximum Gasteiger partial charge on any atom is 0.242 e. The smallest absolute Gasteiger partial charge is 0.242 e. The van der Waals surface area contributed by atoms with E-state index in [4.69, 9.17) is 5.73 Å². The molecule has 5 nitrogen and oxygen atoms in total. The van der Waals surface area contributed by atoms with Gasteiger partial charge in [-0.3, -0.25) is 14.7 Å². The Morgan fingerprint density at radius 1 is 1.45 bits per heavy atom. The number of hydrogen-bond acceptors (Lipinski definition) is 5. The third-order valence-corrected chi connectivity index (χ3v) is 5.47. The standard InChI is InChI=1S/C16H20N4OS/c1-3-20-8-4-7-16(20,15(17)21)12-5-6-13(18-9-12)14-11(2)19-10-22-14/h5-6,9-10H,3-4,7-8H2,1-2H3,(H2,17,21). The van der Waals surface area contributed by atoms with Crippen LogP contribution in [0.5, 0.6) is 0 Å². The van der Waals surface area contributed by atoms with Gasteiger partial charge in [-0.2, -0.15) is 0 Å². The Bertz CT molecular complexity index is 682. The fraction of sp³-hybridized carbons (Fsp3) is 0.438. The topological polar surface area (TPSA) is 72.1 Å². The van der Waals surface area contributed by atoms with Gasteiger partial charge in [0.25, 0.3) is 0 Å². The summed E-state index contributed by atoms with van der Waals surface area (Å²) in [6.45, 7) is 5.74. The van der Waals surface area contributed by atoms with Crippen molar-refractivity contribution in [1.82, 2.24) is 14.9 Å². The van der Waals surface area contributed by atoms with Gasteiger partial charge < -0.3 is 5.73 Å². The first-order valence-electron chi connectivity index (χ1n) is 7.51. The molecule has 0 aromatic carbocycles. The number of pyridine rings is 1. The SMILES string of the molecule is CCN1CCCC1(C(N)=O)c1ccc(-c2scnc2C)nc1. The van der Waals surface area contributed by atoms with Gasteiger partial charge in [0.2, 0.25) is 5.91 Å². The van der Waals surface area contributed by atoms with Crippen molar-refractivity contribution in [2.24, 2.45) is 5.73 Å². The predicted octanol–water partition coefficient (Wildman–Crippen LogP) is 2.31. The number of amides is 1. The van der Waals surface area contributed by atoms with Crippen LogP contribution in [0.3, 0.4) is 0 Å². The van der Waals surface area contributed by atoms with Gasteiger partial charge in [-0.25, -0.2) is 4.98 Å². The molecule has 116 valence electrons. The van der Waals surface area contributed by atoms with Crippen molar-refractivity contribution in [2.75, 3.05) is 13.1 Å². The molecule has 0 saturated carbocycles. The third kappa shape index (κ3) is 2.23. The molecule has 0 spiro atoms. The molecule has 1 unspecified atom stereocenters. The van der Waals surface area contributed by atoms with Gasteiger partial charge in [-0.05, 0) is 38.9 Å². The first-order valence-corrected chi connectivity index (χ1v) is 8.39. The van der Waals surface area contributed by atoms with E-state index < -0.39 is 5.54 Å². The van der Waals surface area contributed by atoms with Crippen LogP contribution >= 0.6 is 11.3 Å². The molecule has 1 amide bonds. The van der Waals surface area contributed by atoms with Crippen LogP contribution in [0.25, 0.3) is 10.6 Å². The molecule has 22 heavy (non-hydrogen) atoms. The van der Waals surface area contributed by atoms with Crippen LogP contribution < -0.4 is 5.73 Å². The Morgan fingerprint density at radius 2 is 2.27 bits per heavy atom. The summed E-state index contributed by atoms with van der Waals surface area (Å²) in [6, 6.07) is 3.95. The summed E-state index contributed by atoms with van der Waals surface area (Å²) in [5.41, 5.74) is 9.65. The highest BCUT2D eigenvalue weighted by molar-refractivity contribution is 7.13.